The smallest absolute Gasteiger partial charge is 0.275 e. The number of hydrogen-bond acceptors (Lipinski definition) is 3. The number of nitrogens with two attached hydrogens (primary N) is 1. The highest BCUT2D eigenvalue weighted by atomic mass is 19.1. The molecule has 2 N–H and O–H groups in total. The summed E-state index contributed by atoms with van der Waals surface area (Å²) in [5, 5.41) is 10.4. The second-order valence-electron chi connectivity index (χ2n) is 5.10. The molecule has 0 fully saturated rings. The van der Waals surface area contributed by atoms with Crippen LogP contribution in [0.2, 0.25) is 0 Å². The molecule has 0 spiro atoms. The van der Waals surface area contributed by atoms with Crippen LogP contribution in [0.5, 0.6) is 0 Å². The molecule has 23 heavy (non-hydrogen) atoms. The van der Waals surface area contributed by atoms with Gasteiger partial charge in [-0.2, -0.15) is 0 Å². The molecule has 0 unspecified atom stereocenters. The third-order valence-electron chi connectivity index (χ3n) is 3.20. The largest absolute Gasteiger partial charge is 0.398 e. The zero-order chi connectivity index (χ0) is 17.0. The van der Waals surface area contributed by atoms with Crippen LogP contribution in [0.4, 0.5) is 20.2 Å². The van der Waals surface area contributed by atoms with Gasteiger partial charge in [0.1, 0.15) is 11.6 Å². The topological polar surface area (TPSA) is 69.2 Å². The molecule has 0 saturated carbocycles. The van der Waals surface area contributed by atoms with Crippen LogP contribution in [0.25, 0.3) is 0 Å². The summed E-state index contributed by atoms with van der Waals surface area (Å²) in [6, 6.07) is 5.18. The molecule has 0 aliphatic carbocycles. The summed E-state index contributed by atoms with van der Waals surface area (Å²) in [6.45, 7) is 6.64. The Labute approximate surface area is 135 Å². The van der Waals surface area contributed by atoms with Crippen molar-refractivity contribution in [1.29, 1.82) is 0 Å². The van der Waals surface area contributed by atoms with Crippen LogP contribution in [0, 0.1) is 49.4 Å². The normalized spacial score (nSPS) is 9.48. The van der Waals surface area contributed by atoms with Gasteiger partial charge in [-0.3, -0.25) is 10.1 Å². The highest BCUT2D eigenvalue weighted by Gasteiger charge is 2.14. The van der Waals surface area contributed by atoms with Gasteiger partial charge >= 0.3 is 0 Å². The first-order valence-electron chi connectivity index (χ1n) is 6.56. The van der Waals surface area contributed by atoms with E-state index < -0.39 is 10.7 Å². The van der Waals surface area contributed by atoms with E-state index in [0.717, 1.165) is 23.3 Å². The number of anilines is 1. The van der Waals surface area contributed by atoms with Gasteiger partial charge in [-0.15, -0.1) is 0 Å². The van der Waals surface area contributed by atoms with Gasteiger partial charge in [0, 0.05) is 16.8 Å². The molecular formula is C17H22F2N2O2. The lowest BCUT2D eigenvalue weighted by Crippen LogP contribution is -1.95. The number of nitro groups is 1. The van der Waals surface area contributed by atoms with Crippen LogP contribution in [-0.4, -0.2) is 4.92 Å². The SMILES string of the molecule is C.Cc1cc(F)cc(C)c1N.Cc1cc(F)cc(C)c1[N+](=O)[O-]. The van der Waals surface area contributed by atoms with Gasteiger partial charge < -0.3 is 5.73 Å². The third-order valence-corrected chi connectivity index (χ3v) is 3.20. The highest BCUT2D eigenvalue weighted by Crippen LogP contribution is 2.23. The van der Waals surface area contributed by atoms with E-state index >= 15 is 0 Å². The van der Waals surface area contributed by atoms with E-state index in [1.165, 1.54) is 26.0 Å². The fraction of sp³-hybridized carbons (Fsp3) is 0.294. The maximum absolute atomic E-state index is 12.6. The van der Waals surface area contributed by atoms with Crippen molar-refractivity contribution in [2.45, 2.75) is 35.1 Å². The molecule has 4 nitrogen and oxygen atoms in total. The van der Waals surface area contributed by atoms with Gasteiger partial charge in [-0.25, -0.2) is 8.78 Å². The average Bonchev–Trinajstić information content (AvgIpc) is 2.34. The first-order valence-corrected chi connectivity index (χ1v) is 6.56. The summed E-state index contributed by atoms with van der Waals surface area (Å²) >= 11 is 0. The minimum atomic E-state index is -0.496. The lowest BCUT2D eigenvalue weighted by molar-refractivity contribution is -0.386. The van der Waals surface area contributed by atoms with E-state index in [2.05, 4.69) is 0 Å². The van der Waals surface area contributed by atoms with Gasteiger partial charge in [0.25, 0.3) is 5.69 Å². The molecule has 0 aliphatic heterocycles. The Bertz CT molecular complexity index is 670. The minimum Gasteiger partial charge on any atom is -0.398 e. The summed E-state index contributed by atoms with van der Waals surface area (Å²) in [5.74, 6) is -0.653. The average molecular weight is 324 g/mol. The molecule has 126 valence electrons. The number of aryl methyl sites for hydroxylation is 4. The van der Waals surface area contributed by atoms with Crippen molar-refractivity contribution in [1.82, 2.24) is 0 Å². The fourth-order valence-corrected chi connectivity index (χ4v) is 2.11. The van der Waals surface area contributed by atoms with Crippen molar-refractivity contribution in [3.8, 4) is 0 Å². The molecule has 2 aromatic carbocycles. The summed E-state index contributed by atoms with van der Waals surface area (Å²) in [5.41, 5.74) is 8.59. The van der Waals surface area contributed by atoms with Crippen molar-refractivity contribution >= 4 is 11.4 Å². The standard InChI is InChI=1S/C8H8FNO2.C8H10FN.CH4/c1-5-3-7(9)4-6(2)8(5)10(11)12;1-5-3-7(9)4-6(2)8(5)10;/h3-4H,1-2H3;3-4H,10H2,1-2H3;1H4. The molecule has 0 atom stereocenters. The summed E-state index contributed by atoms with van der Waals surface area (Å²) in [6.07, 6.45) is 0. The molecule has 2 rings (SSSR count). The maximum atomic E-state index is 12.6. The molecule has 6 heteroatoms. The van der Waals surface area contributed by atoms with Gasteiger partial charge in [-0.1, -0.05) is 7.43 Å². The van der Waals surface area contributed by atoms with E-state index in [1.54, 1.807) is 13.8 Å². The van der Waals surface area contributed by atoms with Crippen molar-refractivity contribution in [3.05, 3.63) is 68.3 Å². The number of benzene rings is 2. The van der Waals surface area contributed by atoms with Crippen LogP contribution < -0.4 is 5.73 Å². The van der Waals surface area contributed by atoms with E-state index in [9.17, 15) is 18.9 Å². The zero-order valence-corrected chi connectivity index (χ0v) is 12.9. The number of halogens is 2. The molecule has 0 aliphatic rings. The molecular weight excluding hydrogens is 302 g/mol. The number of nitrogen functional groups attached to an aromatic ring is 1. The lowest BCUT2D eigenvalue weighted by Gasteiger charge is -2.02. The van der Waals surface area contributed by atoms with Crippen molar-refractivity contribution in [2.24, 2.45) is 0 Å². The van der Waals surface area contributed by atoms with E-state index in [-0.39, 0.29) is 18.9 Å². The molecule has 0 saturated heterocycles. The van der Waals surface area contributed by atoms with Crippen LogP contribution in [0.1, 0.15) is 29.7 Å². The van der Waals surface area contributed by atoms with E-state index in [1.807, 2.05) is 0 Å². The Balaban J connectivity index is 0.000000409. The van der Waals surface area contributed by atoms with Crippen molar-refractivity contribution < 1.29 is 13.7 Å². The summed E-state index contributed by atoms with van der Waals surface area (Å²) in [7, 11) is 0. The first-order chi connectivity index (χ1) is 10.1. The van der Waals surface area contributed by atoms with Crippen LogP contribution in [0.15, 0.2) is 24.3 Å². The molecule has 0 amide bonds. The van der Waals surface area contributed by atoms with Gasteiger partial charge in [0.05, 0.1) is 4.92 Å². The lowest BCUT2D eigenvalue weighted by atomic mass is 10.1. The molecule has 2 aromatic rings. The van der Waals surface area contributed by atoms with Crippen molar-refractivity contribution in [3.63, 3.8) is 0 Å². The van der Waals surface area contributed by atoms with Gasteiger partial charge in [0.2, 0.25) is 0 Å². The number of rotatable bonds is 1. The number of hydrogen-bond donors (Lipinski definition) is 1. The van der Waals surface area contributed by atoms with E-state index in [0.29, 0.717) is 16.8 Å². The predicted molar refractivity (Wildman–Crippen MR) is 89.5 cm³/mol. The van der Waals surface area contributed by atoms with Crippen LogP contribution in [0.3, 0.4) is 0 Å². The highest BCUT2D eigenvalue weighted by molar-refractivity contribution is 5.52. The number of nitro benzene ring substituents is 1. The monoisotopic (exact) mass is 324 g/mol. The molecule has 0 radical (unpaired) electrons. The first kappa shape index (κ1) is 20.5. The van der Waals surface area contributed by atoms with Gasteiger partial charge in [0.15, 0.2) is 0 Å². The zero-order valence-electron chi connectivity index (χ0n) is 12.9. The van der Waals surface area contributed by atoms with Crippen molar-refractivity contribution in [2.75, 3.05) is 5.73 Å². The Morgan fingerprint density at radius 1 is 0.870 bits per heavy atom. The minimum absolute atomic E-state index is 0. The fourth-order valence-electron chi connectivity index (χ4n) is 2.11. The Morgan fingerprint density at radius 3 is 1.48 bits per heavy atom. The summed E-state index contributed by atoms with van der Waals surface area (Å²) < 4.78 is 25.2. The molecule has 0 aromatic heterocycles. The Kier molecular flexibility index (Phi) is 7.32. The Hall–Kier alpha value is -2.50. The molecule has 0 bridgehead atoms. The summed E-state index contributed by atoms with van der Waals surface area (Å²) in [4.78, 5) is 9.94. The second kappa shape index (κ2) is 8.22. The van der Waals surface area contributed by atoms with E-state index in [4.69, 9.17) is 5.73 Å². The number of nitrogens with zero attached hydrogens (tertiary/aromatic N) is 1. The van der Waals surface area contributed by atoms with Gasteiger partial charge in [-0.05, 0) is 63.1 Å². The van der Waals surface area contributed by atoms with Crippen LogP contribution in [-0.2, 0) is 0 Å². The maximum Gasteiger partial charge on any atom is 0.275 e. The Morgan fingerprint density at radius 2 is 1.17 bits per heavy atom. The molecule has 0 heterocycles. The van der Waals surface area contributed by atoms with Crippen LogP contribution >= 0.6 is 0 Å². The quantitative estimate of drug-likeness (QED) is 0.455. The third kappa shape index (κ3) is 5.32. The second-order valence-corrected chi connectivity index (χ2v) is 5.10. The predicted octanol–water partition coefficient (Wildman–Crippen LogP) is 5.01.